The van der Waals surface area contributed by atoms with E-state index in [0.717, 1.165) is 12.2 Å². The minimum atomic E-state index is -0.431. The van der Waals surface area contributed by atoms with E-state index in [1.807, 2.05) is 6.92 Å². The van der Waals surface area contributed by atoms with Crippen molar-refractivity contribution in [3.05, 3.63) is 17.8 Å². The molecule has 0 radical (unpaired) electrons. The molecule has 2 atom stereocenters. The van der Waals surface area contributed by atoms with Gasteiger partial charge in [-0.25, -0.2) is 4.98 Å². The molecule has 0 spiro atoms. The molecule has 1 aliphatic rings. The van der Waals surface area contributed by atoms with Crippen LogP contribution in [0.2, 0.25) is 0 Å². The van der Waals surface area contributed by atoms with Gasteiger partial charge in [0.05, 0.1) is 24.9 Å². The Balaban J connectivity index is 1.79. The Bertz CT molecular complexity index is 391. The third-order valence-corrected chi connectivity index (χ3v) is 2.79. The molecular formula is C11H17N3O3. The highest BCUT2D eigenvalue weighted by atomic mass is 16.4. The number of carbonyl (C=O) groups is 1. The average molecular weight is 239 g/mol. The van der Waals surface area contributed by atoms with Crippen LogP contribution >= 0.6 is 0 Å². The number of rotatable bonds is 4. The fourth-order valence-electron chi connectivity index (χ4n) is 1.80. The van der Waals surface area contributed by atoms with Crippen molar-refractivity contribution in [2.75, 3.05) is 6.54 Å². The Morgan fingerprint density at radius 3 is 3.18 bits per heavy atom. The summed E-state index contributed by atoms with van der Waals surface area (Å²) in [5.41, 5.74) is 0. The third-order valence-electron chi connectivity index (χ3n) is 2.79. The molecule has 0 aromatic carbocycles. The van der Waals surface area contributed by atoms with Crippen molar-refractivity contribution in [2.24, 2.45) is 0 Å². The molecule has 1 aromatic heterocycles. The number of β-amino-alcohol motifs (C(OH)–C–C–N with tert-alkyl or cyclic N) is 1. The van der Waals surface area contributed by atoms with Gasteiger partial charge in [-0.3, -0.25) is 4.79 Å². The molecule has 1 fully saturated rings. The summed E-state index contributed by atoms with van der Waals surface area (Å²) in [5.74, 6) is 1.19. The Morgan fingerprint density at radius 1 is 1.76 bits per heavy atom. The van der Waals surface area contributed by atoms with Gasteiger partial charge in [0.1, 0.15) is 5.76 Å². The quantitative estimate of drug-likeness (QED) is 0.664. The van der Waals surface area contributed by atoms with Gasteiger partial charge in [-0.15, -0.1) is 0 Å². The Labute approximate surface area is 99.4 Å². The maximum Gasteiger partial charge on any atom is 0.237 e. The first-order valence-corrected chi connectivity index (χ1v) is 5.81. The molecule has 3 N–H and O–H groups in total. The number of amides is 1. The average Bonchev–Trinajstić information content (AvgIpc) is 2.94. The predicted octanol–water partition coefficient (Wildman–Crippen LogP) is -0.424. The molecular weight excluding hydrogens is 222 g/mol. The lowest BCUT2D eigenvalue weighted by Crippen LogP contribution is -2.40. The minimum absolute atomic E-state index is 0.127. The fraction of sp³-hybridized carbons (Fsp3) is 0.636. The van der Waals surface area contributed by atoms with Crippen LogP contribution in [0.3, 0.4) is 0 Å². The van der Waals surface area contributed by atoms with Crippen molar-refractivity contribution >= 4 is 5.91 Å². The first kappa shape index (κ1) is 12.1. The molecule has 1 amide bonds. The van der Waals surface area contributed by atoms with E-state index >= 15 is 0 Å². The van der Waals surface area contributed by atoms with Crippen molar-refractivity contribution in [3.8, 4) is 0 Å². The Kier molecular flexibility index (Phi) is 3.75. The molecule has 0 aliphatic carbocycles. The number of hydrogen-bond donors (Lipinski definition) is 3. The molecule has 2 rings (SSSR count). The van der Waals surface area contributed by atoms with E-state index in [1.165, 1.54) is 0 Å². The molecule has 6 nitrogen and oxygen atoms in total. The number of nitrogens with zero attached hydrogens (tertiary/aromatic N) is 1. The molecule has 94 valence electrons. The van der Waals surface area contributed by atoms with Crippen LogP contribution in [0.15, 0.2) is 10.6 Å². The second-order valence-corrected chi connectivity index (χ2v) is 4.14. The van der Waals surface area contributed by atoms with Gasteiger partial charge < -0.3 is 20.2 Å². The van der Waals surface area contributed by atoms with E-state index in [-0.39, 0.29) is 18.5 Å². The lowest BCUT2D eigenvalue weighted by molar-refractivity contribution is -0.123. The lowest BCUT2D eigenvalue weighted by Gasteiger charge is -2.09. The molecule has 17 heavy (non-hydrogen) atoms. The maximum atomic E-state index is 11.7. The number of nitrogens with one attached hydrogen (secondary N) is 2. The summed E-state index contributed by atoms with van der Waals surface area (Å²) in [6.07, 6.45) is 2.48. The van der Waals surface area contributed by atoms with E-state index in [0.29, 0.717) is 18.9 Å². The first-order valence-electron chi connectivity index (χ1n) is 5.81. The van der Waals surface area contributed by atoms with Crippen LogP contribution in [0.25, 0.3) is 0 Å². The zero-order valence-electron chi connectivity index (χ0n) is 9.77. The topological polar surface area (TPSA) is 87.4 Å². The highest BCUT2D eigenvalue weighted by Crippen LogP contribution is 2.07. The second-order valence-electron chi connectivity index (χ2n) is 4.14. The first-order chi connectivity index (χ1) is 8.19. The van der Waals surface area contributed by atoms with Crippen LogP contribution in [0.4, 0.5) is 0 Å². The van der Waals surface area contributed by atoms with Crippen LogP contribution in [-0.4, -0.2) is 34.7 Å². The Hall–Kier alpha value is -1.40. The van der Waals surface area contributed by atoms with E-state index in [9.17, 15) is 9.90 Å². The van der Waals surface area contributed by atoms with Crippen molar-refractivity contribution in [3.63, 3.8) is 0 Å². The fourth-order valence-corrected chi connectivity index (χ4v) is 1.80. The van der Waals surface area contributed by atoms with Gasteiger partial charge in [-0.05, 0) is 6.42 Å². The van der Waals surface area contributed by atoms with Crippen LogP contribution in [-0.2, 0) is 17.8 Å². The van der Waals surface area contributed by atoms with Gasteiger partial charge in [-0.1, -0.05) is 6.92 Å². The summed E-state index contributed by atoms with van der Waals surface area (Å²) in [6, 6.07) is -0.314. The maximum absolute atomic E-state index is 11.7. The van der Waals surface area contributed by atoms with E-state index in [4.69, 9.17) is 4.42 Å². The van der Waals surface area contributed by atoms with Gasteiger partial charge in [-0.2, -0.15) is 0 Å². The van der Waals surface area contributed by atoms with E-state index in [2.05, 4.69) is 15.6 Å². The van der Waals surface area contributed by atoms with Gasteiger partial charge in [0.25, 0.3) is 0 Å². The largest absolute Gasteiger partial charge is 0.444 e. The summed E-state index contributed by atoms with van der Waals surface area (Å²) in [7, 11) is 0. The molecule has 0 saturated carbocycles. The number of hydrogen-bond acceptors (Lipinski definition) is 5. The van der Waals surface area contributed by atoms with Crippen molar-refractivity contribution < 1.29 is 14.3 Å². The molecule has 1 aliphatic heterocycles. The van der Waals surface area contributed by atoms with Gasteiger partial charge in [0, 0.05) is 13.0 Å². The number of aliphatic hydroxyl groups is 1. The summed E-state index contributed by atoms with van der Waals surface area (Å²) in [5, 5.41) is 15.0. The number of aryl methyl sites for hydroxylation is 1. The van der Waals surface area contributed by atoms with Crippen LogP contribution < -0.4 is 10.6 Å². The summed E-state index contributed by atoms with van der Waals surface area (Å²) in [4.78, 5) is 15.7. The van der Waals surface area contributed by atoms with Crippen molar-refractivity contribution in [1.29, 1.82) is 0 Å². The zero-order chi connectivity index (χ0) is 12.3. The summed E-state index contributed by atoms with van der Waals surface area (Å²) < 4.78 is 5.37. The smallest absolute Gasteiger partial charge is 0.237 e. The van der Waals surface area contributed by atoms with Gasteiger partial charge in [0.2, 0.25) is 11.8 Å². The molecule has 2 heterocycles. The zero-order valence-corrected chi connectivity index (χ0v) is 9.77. The van der Waals surface area contributed by atoms with Crippen LogP contribution in [0.1, 0.15) is 25.0 Å². The van der Waals surface area contributed by atoms with Gasteiger partial charge in [0.15, 0.2) is 0 Å². The minimum Gasteiger partial charge on any atom is -0.444 e. The molecule has 2 unspecified atom stereocenters. The standard InChI is InChI=1S/C11H17N3O3/c1-2-8-5-13-10(17-8)6-14-11(16)9-3-7(15)4-12-9/h5,7,9,12,15H,2-4,6H2,1H3,(H,14,16). The molecule has 6 heteroatoms. The highest BCUT2D eigenvalue weighted by Gasteiger charge is 2.27. The number of carbonyl (C=O) groups excluding carboxylic acids is 1. The van der Waals surface area contributed by atoms with Crippen LogP contribution in [0.5, 0.6) is 0 Å². The van der Waals surface area contributed by atoms with Crippen LogP contribution in [0, 0.1) is 0 Å². The van der Waals surface area contributed by atoms with E-state index < -0.39 is 6.10 Å². The van der Waals surface area contributed by atoms with Gasteiger partial charge >= 0.3 is 0 Å². The Morgan fingerprint density at radius 2 is 2.59 bits per heavy atom. The van der Waals surface area contributed by atoms with E-state index in [1.54, 1.807) is 6.20 Å². The monoisotopic (exact) mass is 239 g/mol. The summed E-state index contributed by atoms with van der Waals surface area (Å²) >= 11 is 0. The number of oxazole rings is 1. The van der Waals surface area contributed by atoms with Crippen molar-refractivity contribution in [1.82, 2.24) is 15.6 Å². The normalized spacial score (nSPS) is 23.9. The van der Waals surface area contributed by atoms with Crippen molar-refractivity contribution in [2.45, 2.75) is 38.5 Å². The number of aliphatic hydroxyl groups excluding tert-OH is 1. The third kappa shape index (κ3) is 3.04. The summed E-state index contributed by atoms with van der Waals surface area (Å²) in [6.45, 7) is 2.73. The molecule has 1 saturated heterocycles. The number of aromatic nitrogens is 1. The lowest BCUT2D eigenvalue weighted by atomic mass is 10.2. The molecule has 1 aromatic rings. The second kappa shape index (κ2) is 5.29. The highest BCUT2D eigenvalue weighted by molar-refractivity contribution is 5.82. The molecule has 0 bridgehead atoms. The SMILES string of the molecule is CCc1cnc(CNC(=O)C2CC(O)CN2)o1. The predicted molar refractivity (Wildman–Crippen MR) is 60.1 cm³/mol.